The van der Waals surface area contributed by atoms with Gasteiger partial charge in [-0.25, -0.2) is 17.8 Å². The van der Waals surface area contributed by atoms with E-state index < -0.39 is 21.7 Å². The van der Waals surface area contributed by atoms with E-state index in [1.54, 1.807) is 18.2 Å². The number of carbonyl (C=O) groups is 1. The van der Waals surface area contributed by atoms with Crippen molar-refractivity contribution in [2.24, 2.45) is 0 Å². The Morgan fingerprint density at radius 2 is 1.61 bits per heavy atom. The van der Waals surface area contributed by atoms with Crippen LogP contribution in [0.3, 0.4) is 0 Å². The van der Waals surface area contributed by atoms with E-state index in [4.69, 9.17) is 4.42 Å². The maximum Gasteiger partial charge on any atom is 0.261 e. The second-order valence-electron chi connectivity index (χ2n) is 6.48. The van der Waals surface area contributed by atoms with Crippen LogP contribution in [0, 0.1) is 5.82 Å². The summed E-state index contributed by atoms with van der Waals surface area (Å²) in [7, 11) is -3.85. The van der Waals surface area contributed by atoms with Crippen LogP contribution >= 0.6 is 0 Å². The normalized spacial score (nSPS) is 11.6. The zero-order chi connectivity index (χ0) is 21.8. The fraction of sp³-hybridized carbons (Fsp3) is 0. The van der Waals surface area contributed by atoms with Crippen molar-refractivity contribution in [3.8, 4) is 0 Å². The molecule has 1 amide bonds. The Morgan fingerprint density at radius 1 is 0.935 bits per heavy atom. The standard InChI is InChI=1S/C22H16FN3O4S/c23-15-5-11-18(12-6-15)31(28,29)26-17-9-7-16(8-10-17)24-21(27)13-14-22-25-19-3-1-2-4-20(19)30-22/h1-14,26H,(H,24,27). The van der Waals surface area contributed by atoms with Crippen molar-refractivity contribution in [3.05, 3.63) is 90.6 Å². The van der Waals surface area contributed by atoms with Crippen LogP contribution in [0.15, 0.2) is 88.2 Å². The molecule has 0 unspecified atom stereocenters. The molecule has 0 atom stereocenters. The predicted molar refractivity (Wildman–Crippen MR) is 115 cm³/mol. The average molecular weight is 437 g/mol. The summed E-state index contributed by atoms with van der Waals surface area (Å²) in [6.07, 6.45) is 2.75. The van der Waals surface area contributed by atoms with Crippen LogP contribution in [-0.2, 0) is 14.8 Å². The summed E-state index contributed by atoms with van der Waals surface area (Å²) >= 11 is 0. The maximum absolute atomic E-state index is 13.0. The van der Waals surface area contributed by atoms with E-state index >= 15 is 0 Å². The Balaban J connectivity index is 1.38. The molecule has 1 aromatic heterocycles. The summed E-state index contributed by atoms with van der Waals surface area (Å²) in [5.41, 5.74) is 2.09. The van der Waals surface area contributed by atoms with E-state index in [1.165, 1.54) is 36.4 Å². The van der Waals surface area contributed by atoms with Gasteiger partial charge in [-0.1, -0.05) is 12.1 Å². The van der Waals surface area contributed by atoms with Crippen LogP contribution in [0.1, 0.15) is 5.89 Å². The van der Waals surface area contributed by atoms with Gasteiger partial charge in [0.15, 0.2) is 5.58 Å². The second kappa shape index (κ2) is 8.41. The lowest BCUT2D eigenvalue weighted by molar-refractivity contribution is -0.111. The summed E-state index contributed by atoms with van der Waals surface area (Å²) in [5, 5.41) is 2.66. The fourth-order valence-corrected chi connectivity index (χ4v) is 3.80. The zero-order valence-electron chi connectivity index (χ0n) is 15.9. The van der Waals surface area contributed by atoms with Crippen LogP contribution in [0.25, 0.3) is 17.2 Å². The molecule has 0 aliphatic carbocycles. The van der Waals surface area contributed by atoms with Crippen molar-refractivity contribution >= 4 is 44.5 Å². The van der Waals surface area contributed by atoms with Crippen LogP contribution in [0.4, 0.5) is 15.8 Å². The number of fused-ring (bicyclic) bond motifs is 1. The van der Waals surface area contributed by atoms with E-state index in [1.807, 2.05) is 18.2 Å². The van der Waals surface area contributed by atoms with Crippen LogP contribution in [-0.4, -0.2) is 19.3 Å². The Hall–Kier alpha value is -3.98. The third kappa shape index (κ3) is 4.96. The number of hydrogen-bond acceptors (Lipinski definition) is 5. The van der Waals surface area contributed by atoms with Crippen molar-refractivity contribution in [3.63, 3.8) is 0 Å². The number of carbonyl (C=O) groups excluding carboxylic acids is 1. The van der Waals surface area contributed by atoms with Crippen molar-refractivity contribution in [2.75, 3.05) is 10.0 Å². The lowest BCUT2D eigenvalue weighted by Crippen LogP contribution is -2.13. The number of halogens is 1. The molecule has 9 heteroatoms. The van der Waals surface area contributed by atoms with Crippen molar-refractivity contribution < 1.29 is 22.0 Å². The SMILES string of the molecule is O=C(C=Cc1nc2ccccc2o1)Nc1ccc(NS(=O)(=O)c2ccc(F)cc2)cc1. The number of hydrogen-bond donors (Lipinski definition) is 2. The quantitative estimate of drug-likeness (QED) is 0.435. The third-order valence-electron chi connectivity index (χ3n) is 4.22. The molecule has 0 aliphatic rings. The van der Waals surface area contributed by atoms with E-state index in [2.05, 4.69) is 15.0 Å². The number of oxazole rings is 1. The first-order valence-corrected chi connectivity index (χ1v) is 10.6. The number of amides is 1. The van der Waals surface area contributed by atoms with Gasteiger partial charge in [0.05, 0.1) is 4.90 Å². The number of rotatable bonds is 6. The molecule has 31 heavy (non-hydrogen) atoms. The molecule has 4 aromatic rings. The molecule has 0 bridgehead atoms. The van der Waals surface area contributed by atoms with Crippen LogP contribution < -0.4 is 10.0 Å². The zero-order valence-corrected chi connectivity index (χ0v) is 16.8. The van der Waals surface area contributed by atoms with E-state index in [9.17, 15) is 17.6 Å². The Labute approximate surface area is 177 Å². The largest absolute Gasteiger partial charge is 0.437 e. The number of aromatic nitrogens is 1. The Bertz CT molecular complexity index is 1330. The molecule has 1 heterocycles. The molecular weight excluding hydrogens is 421 g/mol. The molecule has 0 saturated carbocycles. The third-order valence-corrected chi connectivity index (χ3v) is 5.61. The summed E-state index contributed by atoms with van der Waals surface area (Å²) in [6, 6.07) is 17.9. The van der Waals surface area contributed by atoms with Crippen molar-refractivity contribution in [1.29, 1.82) is 0 Å². The van der Waals surface area contributed by atoms with Gasteiger partial charge in [-0.15, -0.1) is 0 Å². The van der Waals surface area contributed by atoms with Gasteiger partial charge in [0.2, 0.25) is 11.8 Å². The van der Waals surface area contributed by atoms with E-state index in [0.717, 1.165) is 12.1 Å². The molecular formula is C22H16FN3O4S. The van der Waals surface area contributed by atoms with Crippen molar-refractivity contribution in [1.82, 2.24) is 4.98 Å². The van der Waals surface area contributed by atoms with Gasteiger partial charge in [-0.3, -0.25) is 9.52 Å². The number of anilines is 2. The summed E-state index contributed by atoms with van der Waals surface area (Å²) < 4.78 is 45.6. The first-order chi connectivity index (χ1) is 14.9. The minimum absolute atomic E-state index is 0.0596. The molecule has 2 N–H and O–H groups in total. The molecule has 0 fully saturated rings. The summed E-state index contributed by atoms with van der Waals surface area (Å²) in [4.78, 5) is 16.3. The van der Waals surface area contributed by atoms with Gasteiger partial charge in [-0.2, -0.15) is 0 Å². The van der Waals surface area contributed by atoms with E-state index in [0.29, 0.717) is 28.4 Å². The smallest absolute Gasteiger partial charge is 0.261 e. The number of nitrogens with one attached hydrogen (secondary N) is 2. The Morgan fingerprint density at radius 3 is 2.32 bits per heavy atom. The average Bonchev–Trinajstić information content (AvgIpc) is 3.17. The highest BCUT2D eigenvalue weighted by Crippen LogP contribution is 2.19. The molecule has 7 nitrogen and oxygen atoms in total. The number of sulfonamides is 1. The fourth-order valence-electron chi connectivity index (χ4n) is 2.74. The lowest BCUT2D eigenvalue weighted by Gasteiger charge is -2.09. The van der Waals surface area contributed by atoms with Gasteiger partial charge in [0, 0.05) is 23.5 Å². The molecule has 3 aromatic carbocycles. The highest BCUT2D eigenvalue weighted by molar-refractivity contribution is 7.92. The topological polar surface area (TPSA) is 101 Å². The van der Waals surface area contributed by atoms with Gasteiger partial charge < -0.3 is 9.73 Å². The van der Waals surface area contributed by atoms with Gasteiger partial charge in [0.25, 0.3) is 10.0 Å². The molecule has 0 aliphatic heterocycles. The minimum atomic E-state index is -3.85. The van der Waals surface area contributed by atoms with E-state index in [-0.39, 0.29) is 4.90 Å². The first kappa shape index (κ1) is 20.3. The molecule has 0 radical (unpaired) electrons. The van der Waals surface area contributed by atoms with Crippen LogP contribution in [0.2, 0.25) is 0 Å². The van der Waals surface area contributed by atoms with Gasteiger partial charge in [-0.05, 0) is 60.7 Å². The van der Waals surface area contributed by atoms with Crippen molar-refractivity contribution in [2.45, 2.75) is 4.90 Å². The van der Waals surface area contributed by atoms with Crippen LogP contribution in [0.5, 0.6) is 0 Å². The molecule has 156 valence electrons. The lowest BCUT2D eigenvalue weighted by atomic mass is 10.3. The summed E-state index contributed by atoms with van der Waals surface area (Å²) in [5.74, 6) is -0.618. The number of benzene rings is 3. The second-order valence-corrected chi connectivity index (χ2v) is 8.16. The monoisotopic (exact) mass is 437 g/mol. The predicted octanol–water partition coefficient (Wildman–Crippen LogP) is 4.42. The molecule has 4 rings (SSSR count). The number of para-hydroxylation sites is 2. The Kier molecular flexibility index (Phi) is 5.50. The minimum Gasteiger partial charge on any atom is -0.437 e. The number of nitrogens with zero attached hydrogens (tertiary/aromatic N) is 1. The molecule has 0 spiro atoms. The maximum atomic E-state index is 13.0. The summed E-state index contributed by atoms with van der Waals surface area (Å²) in [6.45, 7) is 0. The highest BCUT2D eigenvalue weighted by Gasteiger charge is 2.14. The first-order valence-electron chi connectivity index (χ1n) is 9.12. The van der Waals surface area contributed by atoms with Gasteiger partial charge >= 0.3 is 0 Å². The highest BCUT2D eigenvalue weighted by atomic mass is 32.2. The molecule has 0 saturated heterocycles. The van der Waals surface area contributed by atoms with Gasteiger partial charge in [0.1, 0.15) is 11.3 Å².